The summed E-state index contributed by atoms with van der Waals surface area (Å²) in [4.78, 5) is 1.34. The zero-order valence-electron chi connectivity index (χ0n) is 9.91. The van der Waals surface area contributed by atoms with E-state index in [1.165, 1.54) is 4.90 Å². The van der Waals surface area contributed by atoms with Crippen molar-refractivity contribution in [3.05, 3.63) is 42.5 Å². The van der Waals surface area contributed by atoms with E-state index in [-0.39, 0.29) is 6.54 Å². The van der Waals surface area contributed by atoms with Crippen LogP contribution in [0.4, 0.5) is 18.9 Å². The normalized spacial score (nSPS) is 22.8. The Morgan fingerprint density at radius 2 is 1.79 bits per heavy atom. The van der Waals surface area contributed by atoms with Gasteiger partial charge in [-0.25, -0.2) is 0 Å². The Bertz CT molecular complexity index is 620. The van der Waals surface area contributed by atoms with Crippen molar-refractivity contribution < 1.29 is 13.2 Å². The summed E-state index contributed by atoms with van der Waals surface area (Å²) < 4.78 is 39.3. The lowest BCUT2D eigenvalue weighted by Gasteiger charge is -2.20. The van der Waals surface area contributed by atoms with Crippen molar-refractivity contribution in [3.8, 4) is 0 Å². The maximum Gasteiger partial charge on any atom is 0.414 e. The van der Waals surface area contributed by atoms with Crippen LogP contribution < -0.4 is 4.90 Å². The van der Waals surface area contributed by atoms with Gasteiger partial charge in [0, 0.05) is 11.1 Å². The van der Waals surface area contributed by atoms with Crippen LogP contribution in [0.25, 0.3) is 10.8 Å². The van der Waals surface area contributed by atoms with Gasteiger partial charge in [-0.15, -0.1) is 11.6 Å². The maximum absolute atomic E-state index is 13.1. The summed E-state index contributed by atoms with van der Waals surface area (Å²) >= 11 is 5.57. The molecule has 0 bridgehead atoms. The van der Waals surface area contributed by atoms with Crippen LogP contribution in [0.15, 0.2) is 42.5 Å². The summed E-state index contributed by atoms with van der Waals surface area (Å²) in [6.45, 7) is -0.0754. The largest absolute Gasteiger partial charge is 0.414 e. The third kappa shape index (κ3) is 1.77. The smallest absolute Gasteiger partial charge is 0.352 e. The van der Waals surface area contributed by atoms with Crippen molar-refractivity contribution >= 4 is 28.1 Å². The van der Waals surface area contributed by atoms with Gasteiger partial charge >= 0.3 is 6.18 Å². The summed E-state index contributed by atoms with van der Waals surface area (Å²) in [6, 6.07) is 12.8. The van der Waals surface area contributed by atoms with Gasteiger partial charge < -0.3 is 4.90 Å². The van der Waals surface area contributed by atoms with Crippen LogP contribution in [-0.4, -0.2) is 24.1 Å². The number of halogens is 4. The molecule has 3 rings (SSSR count). The molecule has 19 heavy (non-hydrogen) atoms. The van der Waals surface area contributed by atoms with Gasteiger partial charge in [-0.3, -0.25) is 0 Å². The van der Waals surface area contributed by atoms with E-state index in [1.807, 2.05) is 30.3 Å². The van der Waals surface area contributed by atoms with Crippen molar-refractivity contribution in [1.29, 1.82) is 0 Å². The molecule has 0 N–H and O–H groups in total. The van der Waals surface area contributed by atoms with Crippen LogP contribution in [0, 0.1) is 0 Å². The summed E-state index contributed by atoms with van der Waals surface area (Å²) in [5.74, 6) is -0.445. The number of anilines is 1. The molecule has 1 aliphatic heterocycles. The molecule has 0 aliphatic carbocycles. The van der Waals surface area contributed by atoms with E-state index < -0.39 is 17.6 Å². The van der Waals surface area contributed by atoms with Gasteiger partial charge in [0.2, 0.25) is 0 Å². The molecular weight excluding hydrogens is 275 g/mol. The number of hydrogen-bond acceptors (Lipinski definition) is 1. The van der Waals surface area contributed by atoms with Crippen LogP contribution in [0.5, 0.6) is 0 Å². The van der Waals surface area contributed by atoms with E-state index in [0.717, 1.165) is 10.8 Å². The molecular formula is C14H11ClF3N. The zero-order valence-corrected chi connectivity index (χ0v) is 10.7. The second-order valence-electron chi connectivity index (χ2n) is 4.75. The fourth-order valence-electron chi connectivity index (χ4n) is 2.42. The minimum absolute atomic E-state index is 0.0754. The summed E-state index contributed by atoms with van der Waals surface area (Å²) in [7, 11) is 0. The SMILES string of the molecule is FC(F)(F)C1(CCl)CN1c1cccc2ccccc12. The van der Waals surface area contributed by atoms with Crippen molar-refractivity contribution in [2.24, 2.45) is 0 Å². The van der Waals surface area contributed by atoms with Crippen LogP contribution in [0.2, 0.25) is 0 Å². The van der Waals surface area contributed by atoms with Gasteiger partial charge in [0.25, 0.3) is 0 Å². The predicted octanol–water partition coefficient (Wildman–Crippen LogP) is 4.20. The molecule has 2 aromatic carbocycles. The number of fused-ring (bicyclic) bond motifs is 1. The molecule has 1 saturated heterocycles. The summed E-state index contributed by atoms with van der Waals surface area (Å²) in [5, 5.41) is 1.75. The number of nitrogens with zero attached hydrogens (tertiary/aromatic N) is 1. The molecule has 0 aromatic heterocycles. The van der Waals surface area contributed by atoms with E-state index in [2.05, 4.69) is 0 Å². The van der Waals surface area contributed by atoms with Crippen LogP contribution in [0.3, 0.4) is 0 Å². The summed E-state index contributed by atoms with van der Waals surface area (Å²) in [5.41, 5.74) is -1.31. The highest BCUT2D eigenvalue weighted by molar-refractivity contribution is 6.19. The first kappa shape index (κ1) is 12.6. The highest BCUT2D eigenvalue weighted by Gasteiger charge is 2.69. The standard InChI is InChI=1S/C14H11ClF3N/c15-8-13(14(16,17)18)9-19(13)12-7-3-5-10-4-1-2-6-11(10)12/h1-7H,8-9H2. The Balaban J connectivity index is 2.09. The van der Waals surface area contributed by atoms with E-state index in [4.69, 9.17) is 11.6 Å². The molecule has 0 amide bonds. The van der Waals surface area contributed by atoms with Gasteiger partial charge in [-0.2, -0.15) is 13.2 Å². The van der Waals surface area contributed by atoms with Crippen molar-refractivity contribution in [2.45, 2.75) is 11.7 Å². The molecule has 1 unspecified atom stereocenters. The number of rotatable bonds is 2. The minimum atomic E-state index is -4.31. The number of benzene rings is 2. The topological polar surface area (TPSA) is 3.01 Å². The molecule has 5 heteroatoms. The first-order valence-electron chi connectivity index (χ1n) is 5.88. The first-order chi connectivity index (χ1) is 8.99. The van der Waals surface area contributed by atoms with E-state index >= 15 is 0 Å². The van der Waals surface area contributed by atoms with Crippen molar-refractivity contribution in [2.75, 3.05) is 17.3 Å². The number of hydrogen-bond donors (Lipinski definition) is 0. The fourth-order valence-corrected chi connectivity index (χ4v) is 2.80. The third-order valence-electron chi connectivity index (χ3n) is 3.64. The molecule has 1 fully saturated rings. The Morgan fingerprint density at radius 3 is 2.42 bits per heavy atom. The molecule has 1 aliphatic rings. The van der Waals surface area contributed by atoms with Gasteiger partial charge in [-0.05, 0) is 11.5 Å². The van der Waals surface area contributed by atoms with Gasteiger partial charge in [0.05, 0.1) is 12.4 Å². The van der Waals surface area contributed by atoms with Crippen LogP contribution in [-0.2, 0) is 0 Å². The van der Waals surface area contributed by atoms with Gasteiger partial charge in [0.1, 0.15) is 0 Å². The molecule has 100 valence electrons. The number of alkyl halides is 4. The van der Waals surface area contributed by atoms with E-state index in [0.29, 0.717) is 5.69 Å². The Hall–Kier alpha value is -1.42. The lowest BCUT2D eigenvalue weighted by molar-refractivity contribution is -0.150. The lowest BCUT2D eigenvalue weighted by Crippen LogP contribution is -2.38. The molecule has 1 heterocycles. The monoisotopic (exact) mass is 285 g/mol. The molecule has 1 nitrogen and oxygen atoms in total. The van der Waals surface area contributed by atoms with Crippen LogP contribution >= 0.6 is 11.6 Å². The third-order valence-corrected chi connectivity index (χ3v) is 4.08. The average molecular weight is 286 g/mol. The zero-order chi connectivity index (χ0) is 13.7. The van der Waals surface area contributed by atoms with Gasteiger partial charge in [0.15, 0.2) is 5.54 Å². The second-order valence-corrected chi connectivity index (χ2v) is 5.01. The molecule has 1 atom stereocenters. The van der Waals surface area contributed by atoms with Crippen molar-refractivity contribution in [1.82, 2.24) is 0 Å². The van der Waals surface area contributed by atoms with Gasteiger partial charge in [-0.1, -0.05) is 36.4 Å². The molecule has 2 aromatic rings. The van der Waals surface area contributed by atoms with E-state index in [1.54, 1.807) is 12.1 Å². The first-order valence-corrected chi connectivity index (χ1v) is 6.41. The van der Waals surface area contributed by atoms with E-state index in [9.17, 15) is 13.2 Å². The summed E-state index contributed by atoms with van der Waals surface area (Å²) in [6.07, 6.45) is -4.31. The molecule has 0 radical (unpaired) electrons. The Morgan fingerprint density at radius 1 is 1.11 bits per heavy atom. The highest BCUT2D eigenvalue weighted by atomic mass is 35.5. The second kappa shape index (κ2) is 4.04. The molecule has 0 spiro atoms. The lowest BCUT2D eigenvalue weighted by atomic mass is 10.1. The van der Waals surface area contributed by atoms with Crippen LogP contribution in [0.1, 0.15) is 0 Å². The maximum atomic E-state index is 13.1. The fraction of sp³-hybridized carbons (Fsp3) is 0.286. The van der Waals surface area contributed by atoms with Crippen molar-refractivity contribution in [3.63, 3.8) is 0 Å². The quantitative estimate of drug-likeness (QED) is 0.590. The predicted molar refractivity (Wildman–Crippen MR) is 70.8 cm³/mol. The molecule has 0 saturated carbocycles. The highest BCUT2D eigenvalue weighted by Crippen LogP contribution is 2.51. The Labute approximate surface area is 113 Å². The Kier molecular flexibility index (Phi) is 2.68. The average Bonchev–Trinajstić information content (AvgIpc) is 3.13. The minimum Gasteiger partial charge on any atom is -0.352 e.